The van der Waals surface area contributed by atoms with E-state index in [-0.39, 0.29) is 19.0 Å². The molecular weight excluding hydrogens is 375 g/mol. The molecule has 1 amide bonds. The zero-order chi connectivity index (χ0) is 19.1. The number of benzene rings is 1. The van der Waals surface area contributed by atoms with Crippen molar-refractivity contribution in [3.05, 3.63) is 40.2 Å². The molecule has 1 aliphatic heterocycles. The second-order valence-electron chi connectivity index (χ2n) is 5.77. The Balaban J connectivity index is 1.70. The third-order valence-corrected chi connectivity index (χ3v) is 4.45. The largest absolute Gasteiger partial charge is 0.454 e. The van der Waals surface area contributed by atoms with Crippen LogP contribution in [0.25, 0.3) is 0 Å². The monoisotopic (exact) mass is 389 g/mol. The summed E-state index contributed by atoms with van der Waals surface area (Å²) in [6.45, 7) is 3.15. The van der Waals surface area contributed by atoms with Gasteiger partial charge in [-0.05, 0) is 31.5 Å². The molecule has 0 spiro atoms. The number of nitrogens with zero attached hydrogens (tertiary/aromatic N) is 2. The predicted octanol–water partition coefficient (Wildman–Crippen LogP) is 3.47. The van der Waals surface area contributed by atoms with Crippen molar-refractivity contribution in [1.29, 1.82) is 0 Å². The van der Waals surface area contributed by atoms with Crippen LogP contribution in [0, 0.1) is 6.92 Å². The van der Waals surface area contributed by atoms with E-state index in [1.54, 1.807) is 18.2 Å². The highest BCUT2D eigenvalue weighted by atomic mass is 35.5. The Labute approximate surface area is 151 Å². The van der Waals surface area contributed by atoms with Gasteiger partial charge in [0.05, 0.1) is 10.7 Å². The van der Waals surface area contributed by atoms with Crippen LogP contribution in [0.15, 0.2) is 18.2 Å². The van der Waals surface area contributed by atoms with Gasteiger partial charge in [-0.15, -0.1) is 0 Å². The van der Waals surface area contributed by atoms with Crippen molar-refractivity contribution in [3.8, 4) is 11.5 Å². The Kier molecular flexibility index (Phi) is 4.74. The van der Waals surface area contributed by atoms with Gasteiger partial charge in [-0.2, -0.15) is 18.3 Å². The van der Waals surface area contributed by atoms with Crippen molar-refractivity contribution in [3.63, 3.8) is 0 Å². The van der Waals surface area contributed by atoms with Gasteiger partial charge < -0.3 is 14.8 Å². The lowest BCUT2D eigenvalue weighted by molar-refractivity contribution is -0.141. The van der Waals surface area contributed by atoms with Crippen molar-refractivity contribution in [1.82, 2.24) is 15.1 Å². The molecule has 3 rings (SSSR count). The van der Waals surface area contributed by atoms with Gasteiger partial charge in [0.2, 0.25) is 12.7 Å². The first kappa shape index (κ1) is 18.4. The van der Waals surface area contributed by atoms with Gasteiger partial charge in [-0.1, -0.05) is 17.7 Å². The van der Waals surface area contributed by atoms with Gasteiger partial charge in [-0.25, -0.2) is 0 Å². The van der Waals surface area contributed by atoms with Gasteiger partial charge in [0.15, 0.2) is 17.2 Å². The van der Waals surface area contributed by atoms with E-state index < -0.39 is 28.8 Å². The lowest BCUT2D eigenvalue weighted by Gasteiger charge is -2.14. The fourth-order valence-electron chi connectivity index (χ4n) is 2.56. The van der Waals surface area contributed by atoms with Gasteiger partial charge in [0.25, 0.3) is 0 Å². The van der Waals surface area contributed by atoms with Crippen LogP contribution in [0.5, 0.6) is 11.5 Å². The molecule has 2 aromatic rings. The molecule has 1 aromatic carbocycles. The van der Waals surface area contributed by atoms with E-state index >= 15 is 0 Å². The Morgan fingerprint density at radius 2 is 2.08 bits per heavy atom. The van der Waals surface area contributed by atoms with Crippen molar-refractivity contribution >= 4 is 17.5 Å². The fraction of sp³-hybridized carbons (Fsp3) is 0.375. The lowest BCUT2D eigenvalue weighted by Crippen LogP contribution is -2.31. The highest BCUT2D eigenvalue weighted by Gasteiger charge is 2.39. The number of aromatic nitrogens is 2. The highest BCUT2D eigenvalue weighted by molar-refractivity contribution is 6.32. The number of rotatable bonds is 4. The molecule has 0 radical (unpaired) electrons. The number of hydrogen-bond donors (Lipinski definition) is 1. The van der Waals surface area contributed by atoms with Crippen molar-refractivity contribution < 1.29 is 27.4 Å². The van der Waals surface area contributed by atoms with Gasteiger partial charge in [0, 0.05) is 6.54 Å². The average Bonchev–Trinajstić information content (AvgIpc) is 3.16. The molecule has 1 aliphatic rings. The topological polar surface area (TPSA) is 65.4 Å². The molecule has 2 heterocycles. The van der Waals surface area contributed by atoms with Crippen LogP contribution in [-0.2, 0) is 17.5 Å². The van der Waals surface area contributed by atoms with E-state index in [1.165, 1.54) is 13.8 Å². The summed E-state index contributed by atoms with van der Waals surface area (Å²) in [5.74, 6) is 0.711. The Bertz CT molecular complexity index is 851. The molecule has 0 bridgehead atoms. The highest BCUT2D eigenvalue weighted by Crippen LogP contribution is 2.36. The van der Waals surface area contributed by atoms with Crippen molar-refractivity contribution in [2.45, 2.75) is 32.6 Å². The van der Waals surface area contributed by atoms with E-state index in [4.69, 9.17) is 21.1 Å². The Morgan fingerprint density at radius 3 is 2.73 bits per heavy atom. The minimum atomic E-state index is -4.68. The van der Waals surface area contributed by atoms with Gasteiger partial charge in [-0.3, -0.25) is 9.48 Å². The van der Waals surface area contributed by atoms with Crippen molar-refractivity contribution in [2.75, 3.05) is 6.79 Å². The molecule has 0 fully saturated rings. The third-order valence-electron chi connectivity index (χ3n) is 4.00. The first-order valence-electron chi connectivity index (χ1n) is 7.66. The molecule has 1 atom stereocenters. The molecule has 0 saturated heterocycles. The normalized spacial score (nSPS) is 14.4. The first-order chi connectivity index (χ1) is 12.2. The van der Waals surface area contributed by atoms with E-state index in [1.807, 2.05) is 0 Å². The Morgan fingerprint density at radius 1 is 1.38 bits per heavy atom. The maximum absolute atomic E-state index is 12.9. The minimum Gasteiger partial charge on any atom is -0.454 e. The van der Waals surface area contributed by atoms with Crippen LogP contribution in [0.1, 0.15) is 29.9 Å². The summed E-state index contributed by atoms with van der Waals surface area (Å²) in [6.07, 6.45) is -4.68. The van der Waals surface area contributed by atoms with Crippen LogP contribution < -0.4 is 14.8 Å². The standard InChI is InChI=1S/C16H15ClF3N3O3/c1-8-13(17)14(16(18,19)20)22-23(8)9(2)15(24)21-6-10-3-4-11-12(5-10)26-7-25-11/h3-5,9H,6-7H2,1-2H3,(H,21,24)/t9-/m1/s1. The quantitative estimate of drug-likeness (QED) is 0.869. The van der Waals surface area contributed by atoms with Crippen LogP contribution in [0.3, 0.4) is 0 Å². The summed E-state index contributed by atoms with van der Waals surface area (Å²) >= 11 is 5.71. The number of alkyl halides is 3. The molecule has 26 heavy (non-hydrogen) atoms. The Hall–Kier alpha value is -2.42. The number of halogens is 4. The average molecular weight is 390 g/mol. The summed E-state index contributed by atoms with van der Waals surface area (Å²) in [5, 5.41) is 5.62. The zero-order valence-electron chi connectivity index (χ0n) is 13.9. The molecule has 1 N–H and O–H groups in total. The summed E-state index contributed by atoms with van der Waals surface area (Å²) in [7, 11) is 0. The second kappa shape index (κ2) is 6.71. The number of amides is 1. The second-order valence-corrected chi connectivity index (χ2v) is 6.15. The number of hydrogen-bond acceptors (Lipinski definition) is 4. The zero-order valence-corrected chi connectivity index (χ0v) is 14.6. The maximum atomic E-state index is 12.9. The molecule has 6 nitrogen and oxygen atoms in total. The van der Waals surface area contributed by atoms with Crippen LogP contribution in [0.2, 0.25) is 5.02 Å². The first-order valence-corrected chi connectivity index (χ1v) is 8.04. The summed E-state index contributed by atoms with van der Waals surface area (Å²) < 4.78 is 50.1. The molecule has 0 saturated carbocycles. The lowest BCUT2D eigenvalue weighted by atomic mass is 10.2. The molecule has 0 aliphatic carbocycles. The third kappa shape index (κ3) is 3.44. The summed E-state index contributed by atoms with van der Waals surface area (Å²) in [5.41, 5.74) is -0.363. The number of nitrogens with one attached hydrogen (secondary N) is 1. The van der Waals surface area contributed by atoms with Crippen LogP contribution in [0.4, 0.5) is 13.2 Å². The van der Waals surface area contributed by atoms with E-state index in [2.05, 4.69) is 10.4 Å². The van der Waals surface area contributed by atoms with E-state index in [9.17, 15) is 18.0 Å². The van der Waals surface area contributed by atoms with Crippen LogP contribution in [-0.4, -0.2) is 22.5 Å². The number of carbonyl (C=O) groups is 1. The summed E-state index contributed by atoms with van der Waals surface area (Å²) in [4.78, 5) is 12.3. The SMILES string of the molecule is Cc1c(Cl)c(C(F)(F)F)nn1[C@H](C)C(=O)NCc1ccc2c(c1)OCO2. The molecule has 0 unspecified atom stereocenters. The van der Waals surface area contributed by atoms with Gasteiger partial charge >= 0.3 is 6.18 Å². The number of carbonyl (C=O) groups excluding carboxylic acids is 1. The molecule has 10 heteroatoms. The number of fused-ring (bicyclic) bond motifs is 1. The maximum Gasteiger partial charge on any atom is 0.436 e. The summed E-state index contributed by atoms with van der Waals surface area (Å²) in [6, 6.07) is 4.25. The predicted molar refractivity (Wildman–Crippen MR) is 86.1 cm³/mol. The van der Waals surface area contributed by atoms with E-state index in [0.29, 0.717) is 11.5 Å². The minimum absolute atomic E-state index is 0.0738. The van der Waals surface area contributed by atoms with Crippen molar-refractivity contribution in [2.24, 2.45) is 0 Å². The number of ether oxygens (including phenoxy) is 2. The van der Waals surface area contributed by atoms with E-state index in [0.717, 1.165) is 10.2 Å². The molecule has 140 valence electrons. The van der Waals surface area contributed by atoms with Crippen LogP contribution >= 0.6 is 11.6 Å². The fourth-order valence-corrected chi connectivity index (χ4v) is 2.79. The smallest absolute Gasteiger partial charge is 0.436 e. The molecular formula is C16H15ClF3N3O3. The molecule has 1 aromatic heterocycles. The van der Waals surface area contributed by atoms with Gasteiger partial charge in [0.1, 0.15) is 6.04 Å².